The molecule has 0 amide bonds. The van der Waals surface area contributed by atoms with Gasteiger partial charge in [0, 0.05) is 18.2 Å². The predicted molar refractivity (Wildman–Crippen MR) is 64.2 cm³/mol. The monoisotopic (exact) mass is 239 g/mol. The SMILES string of the molecule is COC(=O)CCCOc1ccc(N)cc1OC. The summed E-state index contributed by atoms with van der Waals surface area (Å²) in [6.07, 6.45) is 0.938. The molecule has 17 heavy (non-hydrogen) atoms. The lowest BCUT2D eigenvalue weighted by Gasteiger charge is -2.10. The van der Waals surface area contributed by atoms with Crippen LogP contribution in [0.15, 0.2) is 18.2 Å². The third kappa shape index (κ3) is 4.22. The maximum Gasteiger partial charge on any atom is 0.305 e. The van der Waals surface area contributed by atoms with Gasteiger partial charge in [0.25, 0.3) is 0 Å². The van der Waals surface area contributed by atoms with Gasteiger partial charge in [0.05, 0.1) is 20.8 Å². The van der Waals surface area contributed by atoms with Gasteiger partial charge < -0.3 is 19.9 Å². The van der Waals surface area contributed by atoms with Crippen molar-refractivity contribution in [3.8, 4) is 11.5 Å². The molecular formula is C12H17NO4. The molecular weight excluding hydrogens is 222 g/mol. The van der Waals surface area contributed by atoms with Crippen molar-refractivity contribution in [2.24, 2.45) is 0 Å². The number of benzene rings is 1. The highest BCUT2D eigenvalue weighted by atomic mass is 16.5. The molecule has 0 radical (unpaired) electrons. The van der Waals surface area contributed by atoms with Gasteiger partial charge in [0.1, 0.15) is 0 Å². The number of hydrogen-bond acceptors (Lipinski definition) is 5. The van der Waals surface area contributed by atoms with E-state index in [1.807, 2.05) is 0 Å². The Hall–Kier alpha value is -1.91. The van der Waals surface area contributed by atoms with Crippen molar-refractivity contribution in [2.45, 2.75) is 12.8 Å². The van der Waals surface area contributed by atoms with Gasteiger partial charge >= 0.3 is 5.97 Å². The summed E-state index contributed by atoms with van der Waals surface area (Å²) >= 11 is 0. The lowest BCUT2D eigenvalue weighted by molar-refractivity contribution is -0.140. The number of rotatable bonds is 6. The molecule has 0 spiro atoms. The summed E-state index contributed by atoms with van der Waals surface area (Å²) in [7, 11) is 2.92. The van der Waals surface area contributed by atoms with Crippen LogP contribution in [0.25, 0.3) is 0 Å². The van der Waals surface area contributed by atoms with E-state index in [0.29, 0.717) is 36.6 Å². The van der Waals surface area contributed by atoms with Crippen molar-refractivity contribution in [2.75, 3.05) is 26.6 Å². The van der Waals surface area contributed by atoms with Crippen LogP contribution < -0.4 is 15.2 Å². The zero-order valence-corrected chi connectivity index (χ0v) is 10.1. The van der Waals surface area contributed by atoms with Gasteiger partial charge in [0.15, 0.2) is 11.5 Å². The van der Waals surface area contributed by atoms with Crippen LogP contribution in [0, 0.1) is 0 Å². The highest BCUT2D eigenvalue weighted by Gasteiger charge is 2.05. The van der Waals surface area contributed by atoms with Crippen molar-refractivity contribution in [1.82, 2.24) is 0 Å². The Labute approximate surface area is 100 Å². The molecule has 0 aliphatic carbocycles. The second-order valence-corrected chi connectivity index (χ2v) is 3.44. The van der Waals surface area contributed by atoms with Crippen LogP contribution in [-0.2, 0) is 9.53 Å². The Morgan fingerprint density at radius 3 is 2.71 bits per heavy atom. The van der Waals surface area contributed by atoms with Gasteiger partial charge in [-0.05, 0) is 18.6 Å². The summed E-state index contributed by atoms with van der Waals surface area (Å²) in [6, 6.07) is 5.17. The zero-order valence-electron chi connectivity index (χ0n) is 10.1. The number of carbonyl (C=O) groups is 1. The third-order valence-corrected chi connectivity index (χ3v) is 2.20. The van der Waals surface area contributed by atoms with Gasteiger partial charge in [-0.2, -0.15) is 0 Å². The van der Waals surface area contributed by atoms with E-state index in [0.717, 1.165) is 0 Å². The molecule has 1 aromatic carbocycles. The Balaban J connectivity index is 2.43. The number of methoxy groups -OCH3 is 2. The second-order valence-electron chi connectivity index (χ2n) is 3.44. The smallest absolute Gasteiger partial charge is 0.305 e. The molecule has 0 heterocycles. The predicted octanol–water partition coefficient (Wildman–Crippen LogP) is 1.61. The average Bonchev–Trinajstić information content (AvgIpc) is 2.35. The Morgan fingerprint density at radius 2 is 2.06 bits per heavy atom. The van der Waals surface area contributed by atoms with Crippen LogP contribution in [0.4, 0.5) is 5.69 Å². The Bertz CT molecular complexity index is 379. The van der Waals surface area contributed by atoms with E-state index in [1.54, 1.807) is 25.3 Å². The summed E-state index contributed by atoms with van der Waals surface area (Å²) < 4.78 is 15.1. The third-order valence-electron chi connectivity index (χ3n) is 2.20. The average molecular weight is 239 g/mol. The topological polar surface area (TPSA) is 70.8 Å². The first kappa shape index (κ1) is 13.2. The quantitative estimate of drug-likeness (QED) is 0.464. The first-order chi connectivity index (χ1) is 8.17. The van der Waals surface area contributed by atoms with Gasteiger partial charge in [0.2, 0.25) is 0 Å². The largest absolute Gasteiger partial charge is 0.493 e. The summed E-state index contributed by atoms with van der Waals surface area (Å²) in [5, 5.41) is 0. The van der Waals surface area contributed by atoms with Crippen LogP contribution in [0.3, 0.4) is 0 Å². The minimum Gasteiger partial charge on any atom is -0.493 e. The highest BCUT2D eigenvalue weighted by Crippen LogP contribution is 2.28. The molecule has 0 aliphatic heterocycles. The number of nitrogen functional groups attached to an aromatic ring is 1. The fourth-order valence-corrected chi connectivity index (χ4v) is 1.30. The van der Waals surface area contributed by atoms with Gasteiger partial charge in [-0.1, -0.05) is 0 Å². The second kappa shape index (κ2) is 6.62. The van der Waals surface area contributed by atoms with Crippen LogP contribution >= 0.6 is 0 Å². The van der Waals surface area contributed by atoms with Crippen LogP contribution in [0.5, 0.6) is 11.5 Å². The number of ether oxygens (including phenoxy) is 3. The van der Waals surface area contributed by atoms with Crippen molar-refractivity contribution in [3.63, 3.8) is 0 Å². The number of esters is 1. The molecule has 0 fully saturated rings. The van der Waals surface area contributed by atoms with Crippen LogP contribution in [-0.4, -0.2) is 26.8 Å². The fourth-order valence-electron chi connectivity index (χ4n) is 1.30. The Morgan fingerprint density at radius 1 is 1.29 bits per heavy atom. The Kier molecular flexibility index (Phi) is 5.13. The number of carbonyl (C=O) groups excluding carboxylic acids is 1. The van der Waals surface area contributed by atoms with Crippen molar-refractivity contribution in [1.29, 1.82) is 0 Å². The standard InChI is InChI=1S/C12H17NO4/c1-15-11-8-9(13)5-6-10(11)17-7-3-4-12(14)16-2/h5-6,8H,3-4,7,13H2,1-2H3. The molecule has 2 N–H and O–H groups in total. The van der Waals surface area contributed by atoms with Crippen molar-refractivity contribution < 1.29 is 19.0 Å². The van der Waals surface area contributed by atoms with Gasteiger partial charge in [-0.15, -0.1) is 0 Å². The van der Waals surface area contributed by atoms with E-state index in [1.165, 1.54) is 7.11 Å². The number of nitrogens with two attached hydrogens (primary N) is 1. The lowest BCUT2D eigenvalue weighted by Crippen LogP contribution is -2.05. The van der Waals surface area contributed by atoms with Crippen molar-refractivity contribution >= 4 is 11.7 Å². The highest BCUT2D eigenvalue weighted by molar-refractivity contribution is 5.69. The molecule has 0 bridgehead atoms. The molecule has 0 saturated heterocycles. The molecule has 0 aromatic heterocycles. The molecule has 5 heteroatoms. The molecule has 94 valence electrons. The van der Waals surface area contributed by atoms with Crippen LogP contribution in [0.2, 0.25) is 0 Å². The molecule has 0 aliphatic rings. The molecule has 1 rings (SSSR count). The zero-order chi connectivity index (χ0) is 12.7. The summed E-state index contributed by atoms with van der Waals surface area (Å²) in [5.41, 5.74) is 6.23. The molecule has 5 nitrogen and oxygen atoms in total. The number of anilines is 1. The lowest BCUT2D eigenvalue weighted by atomic mass is 10.3. The van der Waals surface area contributed by atoms with Gasteiger partial charge in [-0.3, -0.25) is 4.79 Å². The molecule has 0 saturated carbocycles. The normalized spacial score (nSPS) is 9.76. The number of hydrogen-bond donors (Lipinski definition) is 1. The van der Waals surface area contributed by atoms with Gasteiger partial charge in [-0.25, -0.2) is 0 Å². The fraction of sp³-hybridized carbons (Fsp3) is 0.417. The summed E-state index contributed by atoms with van der Waals surface area (Å²) in [5.74, 6) is 0.965. The first-order valence-electron chi connectivity index (χ1n) is 5.30. The van der Waals surface area contributed by atoms with E-state index < -0.39 is 0 Å². The van der Waals surface area contributed by atoms with E-state index in [9.17, 15) is 4.79 Å². The minimum atomic E-state index is -0.238. The van der Waals surface area contributed by atoms with Crippen LogP contribution in [0.1, 0.15) is 12.8 Å². The maximum atomic E-state index is 10.9. The maximum absolute atomic E-state index is 10.9. The molecule has 1 aromatic rings. The summed E-state index contributed by atoms with van der Waals surface area (Å²) in [6.45, 7) is 0.426. The minimum absolute atomic E-state index is 0.238. The first-order valence-corrected chi connectivity index (χ1v) is 5.30. The molecule has 0 unspecified atom stereocenters. The van der Waals surface area contributed by atoms with Crippen molar-refractivity contribution in [3.05, 3.63) is 18.2 Å². The van der Waals surface area contributed by atoms with E-state index in [2.05, 4.69) is 4.74 Å². The van der Waals surface area contributed by atoms with E-state index in [4.69, 9.17) is 15.2 Å². The summed E-state index contributed by atoms with van der Waals surface area (Å²) in [4.78, 5) is 10.9. The van der Waals surface area contributed by atoms with E-state index in [-0.39, 0.29) is 5.97 Å². The van der Waals surface area contributed by atoms with E-state index >= 15 is 0 Å². The molecule has 0 atom stereocenters.